The first-order chi connectivity index (χ1) is 9.02. The van der Waals surface area contributed by atoms with E-state index in [1.165, 1.54) is 0 Å². The number of rotatable bonds is 3. The summed E-state index contributed by atoms with van der Waals surface area (Å²) in [5.74, 6) is 0.128. The number of carbonyl (C=O) groups is 2. The Hall–Kier alpha value is -1.10. The fraction of sp³-hybridized carbons (Fsp3) is 0.857. The lowest BCUT2D eigenvalue weighted by Crippen LogP contribution is -2.45. The van der Waals surface area contributed by atoms with Crippen molar-refractivity contribution in [2.75, 3.05) is 19.6 Å². The van der Waals surface area contributed by atoms with Crippen LogP contribution in [0.1, 0.15) is 39.5 Å². The predicted octanol–water partition coefficient (Wildman–Crippen LogP) is 0.583. The van der Waals surface area contributed by atoms with Gasteiger partial charge in [0, 0.05) is 38.1 Å². The Morgan fingerprint density at radius 3 is 2.63 bits per heavy atom. The summed E-state index contributed by atoms with van der Waals surface area (Å²) in [6.45, 7) is 6.20. The SMILES string of the molecule is CCC(C)N1CC(C(=O)N2CCC(N)CC2)CC1=O. The summed E-state index contributed by atoms with van der Waals surface area (Å²) in [4.78, 5) is 28.1. The Morgan fingerprint density at radius 2 is 2.05 bits per heavy atom. The van der Waals surface area contributed by atoms with Crippen molar-refractivity contribution in [2.45, 2.75) is 51.6 Å². The summed E-state index contributed by atoms with van der Waals surface area (Å²) in [7, 11) is 0. The lowest BCUT2D eigenvalue weighted by Gasteiger charge is -2.32. The van der Waals surface area contributed by atoms with E-state index in [2.05, 4.69) is 6.92 Å². The van der Waals surface area contributed by atoms with Gasteiger partial charge in [0.2, 0.25) is 11.8 Å². The van der Waals surface area contributed by atoms with Gasteiger partial charge in [0.15, 0.2) is 0 Å². The van der Waals surface area contributed by atoms with E-state index in [4.69, 9.17) is 5.73 Å². The van der Waals surface area contributed by atoms with E-state index in [1.807, 2.05) is 16.7 Å². The summed E-state index contributed by atoms with van der Waals surface area (Å²) in [5, 5.41) is 0. The van der Waals surface area contributed by atoms with Crippen molar-refractivity contribution in [3.8, 4) is 0 Å². The second kappa shape index (κ2) is 5.90. The Labute approximate surface area is 115 Å². The molecule has 2 rings (SSSR count). The summed E-state index contributed by atoms with van der Waals surface area (Å²) >= 11 is 0. The zero-order valence-electron chi connectivity index (χ0n) is 12.0. The topological polar surface area (TPSA) is 66.6 Å². The van der Waals surface area contributed by atoms with Crippen molar-refractivity contribution < 1.29 is 9.59 Å². The summed E-state index contributed by atoms with van der Waals surface area (Å²) in [6, 6.07) is 0.464. The predicted molar refractivity (Wildman–Crippen MR) is 73.4 cm³/mol. The van der Waals surface area contributed by atoms with Crippen molar-refractivity contribution in [3.05, 3.63) is 0 Å². The van der Waals surface area contributed by atoms with Gasteiger partial charge in [-0.15, -0.1) is 0 Å². The third-order valence-corrected chi connectivity index (χ3v) is 4.48. The first-order valence-electron chi connectivity index (χ1n) is 7.36. The lowest BCUT2D eigenvalue weighted by molar-refractivity contribution is -0.136. The van der Waals surface area contributed by atoms with Crippen molar-refractivity contribution in [1.82, 2.24) is 9.80 Å². The maximum absolute atomic E-state index is 12.4. The molecule has 2 atom stereocenters. The number of piperidine rings is 1. The monoisotopic (exact) mass is 267 g/mol. The van der Waals surface area contributed by atoms with E-state index < -0.39 is 0 Å². The van der Waals surface area contributed by atoms with Crippen molar-refractivity contribution in [1.29, 1.82) is 0 Å². The molecule has 0 aromatic rings. The molecule has 5 heteroatoms. The van der Waals surface area contributed by atoms with Gasteiger partial charge in [0.25, 0.3) is 0 Å². The number of nitrogens with two attached hydrogens (primary N) is 1. The molecule has 0 bridgehead atoms. The van der Waals surface area contributed by atoms with Crippen LogP contribution in [0.25, 0.3) is 0 Å². The molecular weight excluding hydrogens is 242 g/mol. The molecule has 2 aliphatic heterocycles. The molecule has 2 fully saturated rings. The van der Waals surface area contributed by atoms with Crippen LogP contribution in [0, 0.1) is 5.92 Å². The first-order valence-corrected chi connectivity index (χ1v) is 7.36. The van der Waals surface area contributed by atoms with Crippen molar-refractivity contribution >= 4 is 11.8 Å². The van der Waals surface area contributed by atoms with E-state index in [1.54, 1.807) is 0 Å². The van der Waals surface area contributed by atoms with Crippen LogP contribution in [-0.2, 0) is 9.59 Å². The molecule has 0 saturated carbocycles. The fourth-order valence-electron chi connectivity index (χ4n) is 2.92. The third-order valence-electron chi connectivity index (χ3n) is 4.48. The van der Waals surface area contributed by atoms with Crippen LogP contribution >= 0.6 is 0 Å². The highest BCUT2D eigenvalue weighted by Crippen LogP contribution is 2.24. The fourth-order valence-corrected chi connectivity index (χ4v) is 2.92. The Bertz CT molecular complexity index is 351. The van der Waals surface area contributed by atoms with Gasteiger partial charge in [-0.05, 0) is 26.2 Å². The van der Waals surface area contributed by atoms with Crippen LogP contribution in [0.2, 0.25) is 0 Å². The average molecular weight is 267 g/mol. The number of amides is 2. The second-order valence-electron chi connectivity index (χ2n) is 5.87. The molecule has 2 aliphatic rings. The summed E-state index contributed by atoms with van der Waals surface area (Å²) in [6.07, 6.45) is 3.07. The molecule has 2 heterocycles. The van der Waals surface area contributed by atoms with Crippen LogP contribution < -0.4 is 5.73 Å². The van der Waals surface area contributed by atoms with Gasteiger partial charge in [-0.25, -0.2) is 0 Å². The highest BCUT2D eigenvalue weighted by molar-refractivity contribution is 5.89. The van der Waals surface area contributed by atoms with E-state index in [0.29, 0.717) is 13.0 Å². The van der Waals surface area contributed by atoms with E-state index in [-0.39, 0.29) is 29.8 Å². The Kier molecular flexibility index (Phi) is 4.45. The van der Waals surface area contributed by atoms with Crippen molar-refractivity contribution in [3.63, 3.8) is 0 Å². The minimum atomic E-state index is -0.143. The highest BCUT2D eigenvalue weighted by atomic mass is 16.2. The van der Waals surface area contributed by atoms with Gasteiger partial charge in [-0.3, -0.25) is 9.59 Å². The molecular formula is C14H25N3O2. The zero-order valence-corrected chi connectivity index (χ0v) is 12.0. The Balaban J connectivity index is 1.92. The number of hydrogen-bond acceptors (Lipinski definition) is 3. The molecule has 0 radical (unpaired) electrons. The van der Waals surface area contributed by atoms with Crippen LogP contribution in [0.3, 0.4) is 0 Å². The van der Waals surface area contributed by atoms with Crippen molar-refractivity contribution in [2.24, 2.45) is 11.7 Å². The largest absolute Gasteiger partial charge is 0.342 e. The smallest absolute Gasteiger partial charge is 0.227 e. The molecule has 2 N–H and O–H groups in total. The zero-order chi connectivity index (χ0) is 14.0. The molecule has 2 amide bonds. The van der Waals surface area contributed by atoms with Gasteiger partial charge < -0.3 is 15.5 Å². The number of hydrogen-bond donors (Lipinski definition) is 1. The number of nitrogens with zero attached hydrogens (tertiary/aromatic N) is 2. The highest BCUT2D eigenvalue weighted by Gasteiger charge is 2.38. The summed E-state index contributed by atoms with van der Waals surface area (Å²) < 4.78 is 0. The molecule has 5 nitrogen and oxygen atoms in total. The van der Waals surface area contributed by atoms with E-state index in [0.717, 1.165) is 32.4 Å². The molecule has 2 unspecified atom stereocenters. The molecule has 0 aliphatic carbocycles. The third kappa shape index (κ3) is 3.08. The van der Waals surface area contributed by atoms with E-state index in [9.17, 15) is 9.59 Å². The second-order valence-corrected chi connectivity index (χ2v) is 5.87. The van der Waals surface area contributed by atoms with Crippen LogP contribution in [0.5, 0.6) is 0 Å². The Morgan fingerprint density at radius 1 is 1.42 bits per heavy atom. The lowest BCUT2D eigenvalue weighted by atomic mass is 10.0. The number of carbonyl (C=O) groups excluding carboxylic acids is 2. The minimum absolute atomic E-state index is 0.126. The van der Waals surface area contributed by atoms with Gasteiger partial charge in [0.05, 0.1) is 5.92 Å². The summed E-state index contributed by atoms with van der Waals surface area (Å²) in [5.41, 5.74) is 5.85. The molecule has 19 heavy (non-hydrogen) atoms. The van der Waals surface area contributed by atoms with Gasteiger partial charge in [0.1, 0.15) is 0 Å². The van der Waals surface area contributed by atoms with Crippen LogP contribution in [0.4, 0.5) is 0 Å². The van der Waals surface area contributed by atoms with E-state index >= 15 is 0 Å². The molecule has 0 aromatic heterocycles. The molecule has 0 spiro atoms. The molecule has 2 saturated heterocycles. The molecule has 108 valence electrons. The maximum atomic E-state index is 12.4. The van der Waals surface area contributed by atoms with Crippen LogP contribution in [0.15, 0.2) is 0 Å². The number of likely N-dealkylation sites (tertiary alicyclic amines) is 2. The average Bonchev–Trinajstić information content (AvgIpc) is 2.80. The van der Waals surface area contributed by atoms with Gasteiger partial charge >= 0.3 is 0 Å². The normalized spacial score (nSPS) is 26.9. The van der Waals surface area contributed by atoms with Crippen LogP contribution in [-0.4, -0.2) is 53.3 Å². The molecule has 0 aromatic carbocycles. The maximum Gasteiger partial charge on any atom is 0.227 e. The minimum Gasteiger partial charge on any atom is -0.342 e. The van der Waals surface area contributed by atoms with Gasteiger partial charge in [-0.1, -0.05) is 6.92 Å². The first kappa shape index (κ1) is 14.3. The quantitative estimate of drug-likeness (QED) is 0.813. The van der Waals surface area contributed by atoms with Gasteiger partial charge in [-0.2, -0.15) is 0 Å². The standard InChI is InChI=1S/C14H25N3O2/c1-3-10(2)17-9-11(8-13(17)18)14(19)16-6-4-12(15)5-7-16/h10-12H,3-9,15H2,1-2H3.